The monoisotopic (exact) mass is 252 g/mol. The van der Waals surface area contributed by atoms with E-state index < -0.39 is 0 Å². The lowest BCUT2D eigenvalue weighted by Gasteiger charge is -2.25. The molecule has 18 heavy (non-hydrogen) atoms. The van der Waals surface area contributed by atoms with Crippen molar-refractivity contribution in [1.29, 1.82) is 0 Å². The molecule has 102 valence electrons. The molecule has 0 aliphatic rings. The first-order valence-electron chi connectivity index (χ1n) is 6.47. The van der Waals surface area contributed by atoms with Gasteiger partial charge in [0.05, 0.1) is 5.60 Å². The molecule has 1 heterocycles. The van der Waals surface area contributed by atoms with Crippen molar-refractivity contribution < 1.29 is 4.74 Å². The molecule has 5 heteroatoms. The van der Waals surface area contributed by atoms with E-state index in [2.05, 4.69) is 22.2 Å². The lowest BCUT2D eigenvalue weighted by molar-refractivity contribution is 0.000631. The fraction of sp³-hybridized carbons (Fsp3) is 0.692. The van der Waals surface area contributed by atoms with Crippen LogP contribution >= 0.6 is 0 Å². The Balaban J connectivity index is 2.75. The highest BCUT2D eigenvalue weighted by Crippen LogP contribution is 2.20. The van der Waals surface area contributed by atoms with Gasteiger partial charge in [0.25, 0.3) is 0 Å². The largest absolute Gasteiger partial charge is 0.383 e. The van der Waals surface area contributed by atoms with Gasteiger partial charge < -0.3 is 15.8 Å². The van der Waals surface area contributed by atoms with Crippen LogP contribution in [0.2, 0.25) is 0 Å². The van der Waals surface area contributed by atoms with E-state index in [0.29, 0.717) is 19.0 Å². The Hall–Kier alpha value is -1.36. The van der Waals surface area contributed by atoms with Crippen LogP contribution in [-0.2, 0) is 11.2 Å². The van der Waals surface area contributed by atoms with Crippen LogP contribution < -0.4 is 11.1 Å². The Morgan fingerprint density at radius 2 is 2.06 bits per heavy atom. The van der Waals surface area contributed by atoms with Crippen LogP contribution in [0.3, 0.4) is 0 Å². The van der Waals surface area contributed by atoms with E-state index in [1.54, 1.807) is 0 Å². The highest BCUT2D eigenvalue weighted by molar-refractivity contribution is 5.55. The summed E-state index contributed by atoms with van der Waals surface area (Å²) in [5.74, 6) is 1.38. The number of nitrogens with zero attached hydrogens (tertiary/aromatic N) is 2. The number of rotatable bonds is 7. The van der Waals surface area contributed by atoms with E-state index in [1.165, 1.54) is 6.33 Å². The zero-order valence-corrected chi connectivity index (χ0v) is 11.8. The second-order valence-corrected chi connectivity index (χ2v) is 4.88. The van der Waals surface area contributed by atoms with Crippen molar-refractivity contribution in [1.82, 2.24) is 9.97 Å². The minimum atomic E-state index is -0.224. The molecule has 0 amide bonds. The Bertz CT molecular complexity index is 379. The molecule has 3 N–H and O–H groups in total. The summed E-state index contributed by atoms with van der Waals surface area (Å²) in [7, 11) is 0. The van der Waals surface area contributed by atoms with Gasteiger partial charge in [0.1, 0.15) is 18.0 Å². The van der Waals surface area contributed by atoms with Crippen molar-refractivity contribution in [2.24, 2.45) is 0 Å². The maximum absolute atomic E-state index is 5.88. The Morgan fingerprint density at radius 3 is 2.67 bits per heavy atom. The minimum Gasteiger partial charge on any atom is -0.383 e. The average Bonchev–Trinajstić information content (AvgIpc) is 2.30. The fourth-order valence-electron chi connectivity index (χ4n) is 1.81. The first kappa shape index (κ1) is 14.7. The standard InChI is InChI=1S/C13H24N4O/c1-5-7-10-11(14)16-9-17-12(10)15-8-13(3,4)18-6-2/h9H,5-8H2,1-4H3,(H3,14,15,16,17). The third-order valence-electron chi connectivity index (χ3n) is 2.70. The Labute approximate surface area is 109 Å². The molecule has 0 saturated carbocycles. The van der Waals surface area contributed by atoms with Gasteiger partial charge in [0.15, 0.2) is 0 Å². The molecule has 0 spiro atoms. The maximum Gasteiger partial charge on any atom is 0.134 e. The molecule has 0 saturated heterocycles. The minimum absolute atomic E-state index is 0.224. The normalized spacial score (nSPS) is 11.6. The first-order valence-corrected chi connectivity index (χ1v) is 6.47. The van der Waals surface area contributed by atoms with Gasteiger partial charge in [-0.1, -0.05) is 13.3 Å². The van der Waals surface area contributed by atoms with Gasteiger partial charge in [-0.2, -0.15) is 0 Å². The number of hydrogen-bond donors (Lipinski definition) is 2. The number of nitrogens with two attached hydrogens (primary N) is 1. The van der Waals surface area contributed by atoms with Gasteiger partial charge in [-0.25, -0.2) is 9.97 Å². The molecule has 0 atom stereocenters. The SMILES string of the molecule is CCCc1c(N)ncnc1NCC(C)(C)OCC. The van der Waals surface area contributed by atoms with Crippen molar-refractivity contribution in [3.63, 3.8) is 0 Å². The predicted molar refractivity (Wildman–Crippen MR) is 74.6 cm³/mol. The number of hydrogen-bond acceptors (Lipinski definition) is 5. The third-order valence-corrected chi connectivity index (χ3v) is 2.70. The van der Waals surface area contributed by atoms with Crippen LogP contribution in [0.4, 0.5) is 11.6 Å². The average molecular weight is 252 g/mol. The second kappa shape index (κ2) is 6.54. The van der Waals surface area contributed by atoms with E-state index in [4.69, 9.17) is 10.5 Å². The molecule has 1 aromatic rings. The zero-order valence-electron chi connectivity index (χ0n) is 11.8. The smallest absolute Gasteiger partial charge is 0.134 e. The lowest BCUT2D eigenvalue weighted by atomic mass is 10.1. The first-order chi connectivity index (χ1) is 8.50. The van der Waals surface area contributed by atoms with E-state index in [0.717, 1.165) is 24.2 Å². The maximum atomic E-state index is 5.88. The second-order valence-electron chi connectivity index (χ2n) is 4.88. The summed E-state index contributed by atoms with van der Waals surface area (Å²) in [5, 5.41) is 3.31. The lowest BCUT2D eigenvalue weighted by Crippen LogP contribution is -2.34. The van der Waals surface area contributed by atoms with Gasteiger partial charge in [-0.05, 0) is 27.2 Å². The quantitative estimate of drug-likeness (QED) is 0.778. The van der Waals surface area contributed by atoms with E-state index >= 15 is 0 Å². The fourth-order valence-corrected chi connectivity index (χ4v) is 1.81. The molecule has 5 nitrogen and oxygen atoms in total. The molecular formula is C13H24N4O. The summed E-state index contributed by atoms with van der Waals surface area (Å²) in [6, 6.07) is 0. The highest BCUT2D eigenvalue weighted by atomic mass is 16.5. The van der Waals surface area contributed by atoms with Crippen molar-refractivity contribution in [3.05, 3.63) is 11.9 Å². The van der Waals surface area contributed by atoms with Crippen LogP contribution in [0.1, 0.15) is 39.7 Å². The van der Waals surface area contributed by atoms with Gasteiger partial charge in [-0.15, -0.1) is 0 Å². The van der Waals surface area contributed by atoms with E-state index in [9.17, 15) is 0 Å². The molecule has 1 rings (SSSR count). The molecule has 0 aliphatic carbocycles. The molecular weight excluding hydrogens is 228 g/mol. The summed E-state index contributed by atoms with van der Waals surface area (Å²) in [6.45, 7) is 9.59. The van der Waals surface area contributed by atoms with Crippen molar-refractivity contribution in [3.8, 4) is 0 Å². The number of nitrogens with one attached hydrogen (secondary N) is 1. The zero-order chi connectivity index (χ0) is 13.6. The van der Waals surface area contributed by atoms with Crippen molar-refractivity contribution >= 4 is 11.6 Å². The van der Waals surface area contributed by atoms with Gasteiger partial charge in [0, 0.05) is 18.7 Å². The van der Waals surface area contributed by atoms with Crippen LogP contribution in [0.15, 0.2) is 6.33 Å². The van der Waals surface area contributed by atoms with Crippen LogP contribution in [0.5, 0.6) is 0 Å². The molecule has 0 aromatic carbocycles. The van der Waals surface area contributed by atoms with E-state index in [1.807, 2.05) is 20.8 Å². The van der Waals surface area contributed by atoms with Crippen LogP contribution in [0, 0.1) is 0 Å². The van der Waals surface area contributed by atoms with Crippen LogP contribution in [-0.4, -0.2) is 28.7 Å². The van der Waals surface area contributed by atoms with Crippen molar-refractivity contribution in [2.45, 2.75) is 46.1 Å². The number of ether oxygens (including phenoxy) is 1. The molecule has 0 unspecified atom stereocenters. The number of anilines is 2. The topological polar surface area (TPSA) is 73.1 Å². The number of aromatic nitrogens is 2. The molecule has 0 radical (unpaired) electrons. The third kappa shape index (κ3) is 4.14. The molecule has 0 fully saturated rings. The number of nitrogen functional groups attached to an aromatic ring is 1. The summed E-state index contributed by atoms with van der Waals surface area (Å²) >= 11 is 0. The van der Waals surface area contributed by atoms with Crippen LogP contribution in [0.25, 0.3) is 0 Å². The van der Waals surface area contributed by atoms with Gasteiger partial charge >= 0.3 is 0 Å². The summed E-state index contributed by atoms with van der Waals surface area (Å²) < 4.78 is 5.64. The van der Waals surface area contributed by atoms with Gasteiger partial charge in [-0.3, -0.25) is 0 Å². The Kier molecular flexibility index (Phi) is 5.34. The summed E-state index contributed by atoms with van der Waals surface area (Å²) in [5.41, 5.74) is 6.65. The Morgan fingerprint density at radius 1 is 1.33 bits per heavy atom. The molecule has 0 bridgehead atoms. The highest BCUT2D eigenvalue weighted by Gasteiger charge is 2.18. The molecule has 0 aliphatic heterocycles. The molecule has 1 aromatic heterocycles. The predicted octanol–water partition coefficient (Wildman–Crippen LogP) is 2.24. The summed E-state index contributed by atoms with van der Waals surface area (Å²) in [6.07, 6.45) is 3.38. The van der Waals surface area contributed by atoms with Gasteiger partial charge in [0.2, 0.25) is 0 Å². The van der Waals surface area contributed by atoms with Crippen molar-refractivity contribution in [2.75, 3.05) is 24.2 Å². The van der Waals surface area contributed by atoms with E-state index in [-0.39, 0.29) is 5.60 Å². The summed E-state index contributed by atoms with van der Waals surface area (Å²) in [4.78, 5) is 8.30.